The molecular formula is C15H20N2O5. The van der Waals surface area contributed by atoms with E-state index in [0.29, 0.717) is 0 Å². The highest BCUT2D eigenvalue weighted by Crippen LogP contribution is 2.37. The van der Waals surface area contributed by atoms with E-state index in [1.807, 2.05) is 0 Å². The van der Waals surface area contributed by atoms with Gasteiger partial charge in [0.25, 0.3) is 5.69 Å². The zero-order valence-electron chi connectivity index (χ0n) is 12.4. The molecule has 0 aliphatic carbocycles. The summed E-state index contributed by atoms with van der Waals surface area (Å²) in [4.78, 5) is 22.7. The number of rotatable bonds is 5. The van der Waals surface area contributed by atoms with E-state index in [1.165, 1.54) is 25.3 Å². The van der Waals surface area contributed by atoms with Gasteiger partial charge in [0.05, 0.1) is 29.6 Å². The third-order valence-electron chi connectivity index (χ3n) is 4.16. The largest absolute Gasteiger partial charge is 0.469 e. The quantitative estimate of drug-likeness (QED) is 0.484. The van der Waals surface area contributed by atoms with Crippen LogP contribution in [0.3, 0.4) is 0 Å². The number of para-hydroxylation sites is 1. The lowest BCUT2D eigenvalue weighted by Crippen LogP contribution is -2.38. The Labute approximate surface area is 128 Å². The molecule has 22 heavy (non-hydrogen) atoms. The van der Waals surface area contributed by atoms with Crippen LogP contribution in [-0.4, -0.2) is 36.2 Å². The first-order chi connectivity index (χ1) is 10.6. The van der Waals surface area contributed by atoms with Crippen molar-refractivity contribution < 1.29 is 19.6 Å². The normalized spacial score (nSPS) is 18.5. The second-order valence-electron chi connectivity index (χ2n) is 5.40. The number of benzene rings is 1. The third kappa shape index (κ3) is 3.42. The predicted octanol–water partition coefficient (Wildman–Crippen LogP) is 1.42. The fraction of sp³-hybridized carbons (Fsp3) is 0.533. The van der Waals surface area contributed by atoms with Crippen molar-refractivity contribution in [1.29, 1.82) is 0 Å². The van der Waals surface area contributed by atoms with Crippen molar-refractivity contribution in [3.8, 4) is 0 Å². The van der Waals surface area contributed by atoms with E-state index in [2.05, 4.69) is 5.32 Å². The standard InChI is InChI=1S/C15H20N2O5/c1-22-15(19)13(10-6-8-16-9-7-10)14(18)11-4-2-3-5-12(11)17(20)21/h2-5,10,13-14,16,18H,6-9H2,1H3. The first kappa shape index (κ1) is 16.4. The molecule has 2 N–H and O–H groups in total. The van der Waals surface area contributed by atoms with Crippen LogP contribution in [-0.2, 0) is 9.53 Å². The molecule has 1 aliphatic rings. The summed E-state index contributed by atoms with van der Waals surface area (Å²) < 4.78 is 4.82. The molecule has 0 amide bonds. The molecule has 1 aromatic rings. The maximum Gasteiger partial charge on any atom is 0.311 e. The van der Waals surface area contributed by atoms with Crippen molar-refractivity contribution >= 4 is 11.7 Å². The van der Waals surface area contributed by atoms with Crippen molar-refractivity contribution in [3.63, 3.8) is 0 Å². The lowest BCUT2D eigenvalue weighted by atomic mass is 9.79. The number of methoxy groups -OCH3 is 1. The molecule has 120 valence electrons. The Balaban J connectivity index is 2.34. The molecule has 0 radical (unpaired) electrons. The number of esters is 1. The van der Waals surface area contributed by atoms with Gasteiger partial charge in [-0.1, -0.05) is 12.1 Å². The van der Waals surface area contributed by atoms with E-state index in [1.54, 1.807) is 6.07 Å². The molecular weight excluding hydrogens is 288 g/mol. The topological polar surface area (TPSA) is 102 Å². The van der Waals surface area contributed by atoms with Gasteiger partial charge in [-0.2, -0.15) is 0 Å². The highest BCUT2D eigenvalue weighted by Gasteiger charge is 2.39. The summed E-state index contributed by atoms with van der Waals surface area (Å²) in [7, 11) is 1.27. The molecule has 7 nitrogen and oxygen atoms in total. The summed E-state index contributed by atoms with van der Waals surface area (Å²) in [5.41, 5.74) is -0.0285. The van der Waals surface area contributed by atoms with Gasteiger partial charge in [-0.15, -0.1) is 0 Å². The van der Waals surface area contributed by atoms with Gasteiger partial charge in [0.1, 0.15) is 0 Å². The summed E-state index contributed by atoms with van der Waals surface area (Å²) in [5, 5.41) is 25.0. The van der Waals surface area contributed by atoms with E-state index >= 15 is 0 Å². The van der Waals surface area contributed by atoms with Crippen LogP contribution in [0.25, 0.3) is 0 Å². The Morgan fingerprint density at radius 3 is 2.64 bits per heavy atom. The second-order valence-corrected chi connectivity index (χ2v) is 5.40. The molecule has 1 fully saturated rings. The van der Waals surface area contributed by atoms with Crippen LogP contribution < -0.4 is 5.32 Å². The van der Waals surface area contributed by atoms with Gasteiger partial charge in [-0.25, -0.2) is 0 Å². The molecule has 0 bridgehead atoms. The predicted molar refractivity (Wildman–Crippen MR) is 79.2 cm³/mol. The van der Waals surface area contributed by atoms with Crippen LogP contribution in [0.2, 0.25) is 0 Å². The monoisotopic (exact) mass is 308 g/mol. The van der Waals surface area contributed by atoms with Crippen molar-refractivity contribution in [3.05, 3.63) is 39.9 Å². The molecule has 1 aliphatic heterocycles. The summed E-state index contributed by atoms with van der Waals surface area (Å²) in [6, 6.07) is 5.96. The number of aliphatic hydroxyl groups excluding tert-OH is 1. The number of nitro groups is 1. The van der Waals surface area contributed by atoms with E-state index in [4.69, 9.17) is 4.74 Å². The SMILES string of the molecule is COC(=O)C(C1CCNCC1)C(O)c1ccccc1[N+](=O)[O-]. The number of hydrogen-bond donors (Lipinski definition) is 2. The fourth-order valence-corrected chi connectivity index (χ4v) is 3.02. The van der Waals surface area contributed by atoms with Gasteiger partial charge < -0.3 is 15.2 Å². The van der Waals surface area contributed by atoms with Gasteiger partial charge in [-0.3, -0.25) is 14.9 Å². The Hall–Kier alpha value is -1.99. The average Bonchev–Trinajstić information content (AvgIpc) is 2.55. The lowest BCUT2D eigenvalue weighted by molar-refractivity contribution is -0.386. The fourth-order valence-electron chi connectivity index (χ4n) is 3.02. The maximum absolute atomic E-state index is 12.1. The molecule has 1 aromatic carbocycles. The number of piperidine rings is 1. The summed E-state index contributed by atoms with van der Waals surface area (Å²) >= 11 is 0. The minimum atomic E-state index is -1.25. The highest BCUT2D eigenvalue weighted by atomic mass is 16.6. The van der Waals surface area contributed by atoms with Gasteiger partial charge in [0, 0.05) is 6.07 Å². The lowest BCUT2D eigenvalue weighted by Gasteiger charge is -2.31. The summed E-state index contributed by atoms with van der Waals surface area (Å²) in [6.45, 7) is 1.50. The van der Waals surface area contributed by atoms with Crippen LogP contribution in [0.4, 0.5) is 5.69 Å². The maximum atomic E-state index is 12.1. The number of nitrogens with zero attached hydrogens (tertiary/aromatic N) is 1. The molecule has 0 spiro atoms. The minimum Gasteiger partial charge on any atom is -0.469 e. The zero-order valence-corrected chi connectivity index (χ0v) is 12.4. The van der Waals surface area contributed by atoms with E-state index in [-0.39, 0.29) is 17.2 Å². The van der Waals surface area contributed by atoms with E-state index in [0.717, 1.165) is 25.9 Å². The Morgan fingerprint density at radius 2 is 2.05 bits per heavy atom. The van der Waals surface area contributed by atoms with Crippen LogP contribution >= 0.6 is 0 Å². The van der Waals surface area contributed by atoms with Crippen LogP contribution in [0.1, 0.15) is 24.5 Å². The van der Waals surface area contributed by atoms with Crippen molar-refractivity contribution in [2.75, 3.05) is 20.2 Å². The van der Waals surface area contributed by atoms with Crippen molar-refractivity contribution in [1.82, 2.24) is 5.32 Å². The van der Waals surface area contributed by atoms with Gasteiger partial charge in [0.2, 0.25) is 0 Å². The first-order valence-electron chi connectivity index (χ1n) is 7.26. The summed E-state index contributed by atoms with van der Waals surface area (Å²) in [6.07, 6.45) is 0.187. The van der Waals surface area contributed by atoms with Crippen LogP contribution in [0.5, 0.6) is 0 Å². The molecule has 0 aromatic heterocycles. The van der Waals surface area contributed by atoms with E-state index < -0.39 is 22.9 Å². The van der Waals surface area contributed by atoms with Crippen molar-refractivity contribution in [2.24, 2.45) is 11.8 Å². The van der Waals surface area contributed by atoms with Crippen LogP contribution in [0, 0.1) is 22.0 Å². The number of carbonyl (C=O) groups is 1. The molecule has 1 saturated heterocycles. The number of carbonyl (C=O) groups excluding carboxylic acids is 1. The number of nitrogens with one attached hydrogen (secondary N) is 1. The molecule has 0 saturated carbocycles. The van der Waals surface area contributed by atoms with Gasteiger partial charge in [-0.05, 0) is 37.9 Å². The smallest absolute Gasteiger partial charge is 0.311 e. The van der Waals surface area contributed by atoms with E-state index in [9.17, 15) is 20.0 Å². The van der Waals surface area contributed by atoms with Crippen molar-refractivity contribution in [2.45, 2.75) is 18.9 Å². The number of ether oxygens (including phenoxy) is 1. The molecule has 7 heteroatoms. The van der Waals surface area contributed by atoms with Gasteiger partial charge >= 0.3 is 5.97 Å². The Bertz CT molecular complexity index is 542. The average molecular weight is 308 g/mol. The molecule has 2 unspecified atom stereocenters. The highest BCUT2D eigenvalue weighted by molar-refractivity contribution is 5.74. The number of aliphatic hydroxyl groups is 1. The Kier molecular flexibility index (Phi) is 5.46. The van der Waals surface area contributed by atoms with Gasteiger partial charge in [0.15, 0.2) is 0 Å². The summed E-state index contributed by atoms with van der Waals surface area (Å²) in [5.74, 6) is -1.39. The zero-order chi connectivity index (χ0) is 16.1. The Morgan fingerprint density at radius 1 is 1.41 bits per heavy atom. The first-order valence-corrected chi connectivity index (χ1v) is 7.26. The molecule has 2 atom stereocenters. The van der Waals surface area contributed by atoms with Crippen LogP contribution in [0.15, 0.2) is 24.3 Å². The number of nitro benzene ring substituents is 1. The molecule has 1 heterocycles. The number of hydrogen-bond acceptors (Lipinski definition) is 6. The molecule has 2 rings (SSSR count). The third-order valence-corrected chi connectivity index (χ3v) is 4.16. The second kappa shape index (κ2) is 7.33. The minimum absolute atomic E-state index is 0.0662.